The van der Waals surface area contributed by atoms with E-state index in [0.717, 1.165) is 13.0 Å². The Kier molecular flexibility index (Phi) is 5.08. The molecule has 106 valence electrons. The molecule has 2 nitrogen and oxygen atoms in total. The summed E-state index contributed by atoms with van der Waals surface area (Å²) in [4.78, 5) is 2.50. The van der Waals surface area contributed by atoms with Gasteiger partial charge in [-0.2, -0.15) is 0 Å². The van der Waals surface area contributed by atoms with Crippen molar-refractivity contribution in [3.63, 3.8) is 0 Å². The standard InChI is InChI=1S/C16H31NO/c1-3-14(2)15(18)13-17-11-9-16(10-12-17)7-5-4-6-8-16/h14-15,18H,3-13H2,1-2H3. The second-order valence-electron chi connectivity index (χ2n) is 6.81. The van der Waals surface area contributed by atoms with Gasteiger partial charge in [0, 0.05) is 6.54 Å². The van der Waals surface area contributed by atoms with E-state index in [4.69, 9.17) is 0 Å². The number of β-amino-alcohol motifs (C(OH)–C–C–N with tert-alkyl or cyclic N) is 1. The zero-order valence-corrected chi connectivity index (χ0v) is 12.3. The molecule has 2 rings (SSSR count). The van der Waals surface area contributed by atoms with Crippen molar-refractivity contribution < 1.29 is 5.11 Å². The topological polar surface area (TPSA) is 23.5 Å². The highest BCUT2D eigenvalue weighted by molar-refractivity contribution is 4.88. The number of hydrogen-bond donors (Lipinski definition) is 1. The molecule has 1 N–H and O–H groups in total. The number of aliphatic hydroxyl groups excluding tert-OH is 1. The molecule has 1 saturated heterocycles. The number of piperidine rings is 1. The quantitative estimate of drug-likeness (QED) is 0.829. The van der Waals surface area contributed by atoms with Crippen molar-refractivity contribution in [3.05, 3.63) is 0 Å². The van der Waals surface area contributed by atoms with Crippen molar-refractivity contribution in [2.45, 2.75) is 71.3 Å². The molecule has 2 heteroatoms. The van der Waals surface area contributed by atoms with Gasteiger partial charge in [-0.15, -0.1) is 0 Å². The fourth-order valence-corrected chi connectivity index (χ4v) is 3.73. The summed E-state index contributed by atoms with van der Waals surface area (Å²) in [6, 6.07) is 0. The van der Waals surface area contributed by atoms with Crippen molar-refractivity contribution in [3.8, 4) is 0 Å². The predicted octanol–water partition coefficient (Wildman–Crippen LogP) is 3.44. The van der Waals surface area contributed by atoms with Gasteiger partial charge in [0.05, 0.1) is 6.10 Å². The summed E-state index contributed by atoms with van der Waals surface area (Å²) in [7, 11) is 0. The Bertz CT molecular complexity index is 237. The summed E-state index contributed by atoms with van der Waals surface area (Å²) < 4.78 is 0. The van der Waals surface area contributed by atoms with Gasteiger partial charge in [0.1, 0.15) is 0 Å². The average Bonchev–Trinajstić information content (AvgIpc) is 2.41. The lowest BCUT2D eigenvalue weighted by Gasteiger charge is -2.45. The monoisotopic (exact) mass is 253 g/mol. The molecule has 1 aliphatic heterocycles. The predicted molar refractivity (Wildman–Crippen MR) is 76.7 cm³/mol. The van der Waals surface area contributed by atoms with E-state index in [1.807, 2.05) is 0 Å². The van der Waals surface area contributed by atoms with Gasteiger partial charge in [0.25, 0.3) is 0 Å². The van der Waals surface area contributed by atoms with E-state index in [1.54, 1.807) is 0 Å². The molecule has 2 fully saturated rings. The van der Waals surface area contributed by atoms with Crippen LogP contribution in [0.15, 0.2) is 0 Å². The van der Waals surface area contributed by atoms with E-state index in [0.29, 0.717) is 11.3 Å². The maximum Gasteiger partial charge on any atom is 0.0692 e. The Morgan fingerprint density at radius 2 is 1.67 bits per heavy atom. The van der Waals surface area contributed by atoms with Gasteiger partial charge in [-0.1, -0.05) is 39.5 Å². The maximum absolute atomic E-state index is 10.1. The first-order valence-corrected chi connectivity index (χ1v) is 8.06. The molecule has 0 aromatic heterocycles. The van der Waals surface area contributed by atoms with Crippen LogP contribution in [0.25, 0.3) is 0 Å². The number of likely N-dealkylation sites (tertiary alicyclic amines) is 1. The Morgan fingerprint density at radius 1 is 1.06 bits per heavy atom. The van der Waals surface area contributed by atoms with Crippen molar-refractivity contribution in [1.82, 2.24) is 4.90 Å². The third kappa shape index (κ3) is 3.48. The molecule has 0 radical (unpaired) electrons. The Balaban J connectivity index is 1.76. The summed E-state index contributed by atoms with van der Waals surface area (Å²) in [5, 5.41) is 10.1. The Morgan fingerprint density at radius 3 is 2.22 bits per heavy atom. The molecular weight excluding hydrogens is 222 g/mol. The summed E-state index contributed by atoms with van der Waals surface area (Å²) in [5.41, 5.74) is 0.691. The van der Waals surface area contributed by atoms with E-state index in [1.165, 1.54) is 58.0 Å². The fraction of sp³-hybridized carbons (Fsp3) is 1.00. The third-order valence-corrected chi connectivity index (χ3v) is 5.58. The Hall–Kier alpha value is -0.0800. The molecule has 18 heavy (non-hydrogen) atoms. The van der Waals surface area contributed by atoms with E-state index >= 15 is 0 Å². The first-order valence-electron chi connectivity index (χ1n) is 8.06. The molecule has 1 heterocycles. The minimum atomic E-state index is -0.129. The average molecular weight is 253 g/mol. The van der Waals surface area contributed by atoms with Gasteiger partial charge in [0.15, 0.2) is 0 Å². The van der Waals surface area contributed by atoms with Crippen molar-refractivity contribution in [1.29, 1.82) is 0 Å². The zero-order chi connectivity index (χ0) is 13.0. The largest absolute Gasteiger partial charge is 0.392 e. The lowest BCUT2D eigenvalue weighted by atomic mass is 9.68. The second kappa shape index (κ2) is 6.38. The molecule has 0 amide bonds. The van der Waals surface area contributed by atoms with Gasteiger partial charge in [-0.25, -0.2) is 0 Å². The molecule has 1 aliphatic carbocycles. The van der Waals surface area contributed by atoms with Gasteiger partial charge in [-0.3, -0.25) is 0 Å². The number of nitrogens with zero attached hydrogens (tertiary/aromatic N) is 1. The molecule has 2 unspecified atom stereocenters. The Labute approximate surface area is 113 Å². The summed E-state index contributed by atoms with van der Waals surface area (Å²) in [6.07, 6.45) is 11.0. The normalized spacial score (nSPS) is 28.2. The van der Waals surface area contributed by atoms with E-state index in [2.05, 4.69) is 18.7 Å². The van der Waals surface area contributed by atoms with Crippen LogP contribution in [0.5, 0.6) is 0 Å². The number of hydrogen-bond acceptors (Lipinski definition) is 2. The molecule has 0 aromatic rings. The zero-order valence-electron chi connectivity index (χ0n) is 12.3. The first-order chi connectivity index (χ1) is 8.65. The second-order valence-corrected chi connectivity index (χ2v) is 6.81. The maximum atomic E-state index is 10.1. The molecule has 0 aromatic carbocycles. The highest BCUT2D eigenvalue weighted by atomic mass is 16.3. The van der Waals surface area contributed by atoms with Crippen LogP contribution >= 0.6 is 0 Å². The van der Waals surface area contributed by atoms with Crippen molar-refractivity contribution in [2.24, 2.45) is 11.3 Å². The first kappa shape index (κ1) is 14.3. The molecule has 0 bridgehead atoms. The number of rotatable bonds is 4. The molecule has 2 atom stereocenters. The summed E-state index contributed by atoms with van der Waals surface area (Å²) in [6.45, 7) is 7.66. The lowest BCUT2D eigenvalue weighted by Crippen LogP contribution is -2.44. The lowest BCUT2D eigenvalue weighted by molar-refractivity contribution is 0.0216. The van der Waals surface area contributed by atoms with Crippen LogP contribution in [-0.4, -0.2) is 35.7 Å². The van der Waals surface area contributed by atoms with Crippen molar-refractivity contribution >= 4 is 0 Å². The smallest absolute Gasteiger partial charge is 0.0692 e. The molecule has 1 saturated carbocycles. The van der Waals surface area contributed by atoms with Crippen LogP contribution in [0.1, 0.15) is 65.2 Å². The van der Waals surface area contributed by atoms with Gasteiger partial charge < -0.3 is 10.0 Å². The van der Waals surface area contributed by atoms with Crippen LogP contribution in [-0.2, 0) is 0 Å². The van der Waals surface area contributed by atoms with Gasteiger partial charge >= 0.3 is 0 Å². The minimum absolute atomic E-state index is 0.129. The van der Waals surface area contributed by atoms with Crippen LogP contribution in [0.3, 0.4) is 0 Å². The van der Waals surface area contributed by atoms with E-state index in [9.17, 15) is 5.11 Å². The SMILES string of the molecule is CCC(C)C(O)CN1CCC2(CCCCC2)CC1. The number of aliphatic hydroxyl groups is 1. The van der Waals surface area contributed by atoms with E-state index < -0.39 is 0 Å². The third-order valence-electron chi connectivity index (χ3n) is 5.58. The van der Waals surface area contributed by atoms with Crippen LogP contribution in [0.4, 0.5) is 0 Å². The van der Waals surface area contributed by atoms with Gasteiger partial charge in [-0.05, 0) is 50.1 Å². The van der Waals surface area contributed by atoms with Crippen LogP contribution < -0.4 is 0 Å². The van der Waals surface area contributed by atoms with Crippen LogP contribution in [0.2, 0.25) is 0 Å². The van der Waals surface area contributed by atoms with E-state index in [-0.39, 0.29) is 6.10 Å². The van der Waals surface area contributed by atoms with Crippen LogP contribution in [0, 0.1) is 11.3 Å². The minimum Gasteiger partial charge on any atom is -0.392 e. The summed E-state index contributed by atoms with van der Waals surface area (Å²) >= 11 is 0. The highest BCUT2D eigenvalue weighted by Crippen LogP contribution is 2.44. The molecule has 2 aliphatic rings. The fourth-order valence-electron chi connectivity index (χ4n) is 3.73. The highest BCUT2D eigenvalue weighted by Gasteiger charge is 2.35. The van der Waals surface area contributed by atoms with Gasteiger partial charge in [0.2, 0.25) is 0 Å². The molecular formula is C16H31NO. The summed E-state index contributed by atoms with van der Waals surface area (Å²) in [5.74, 6) is 0.440. The molecule has 1 spiro atoms. The van der Waals surface area contributed by atoms with Crippen molar-refractivity contribution in [2.75, 3.05) is 19.6 Å².